The monoisotopic (exact) mass is 646 g/mol. The number of piperidine rings is 2. The summed E-state index contributed by atoms with van der Waals surface area (Å²) in [6.45, 7) is 14.6. The minimum atomic E-state index is -0.236. The molecule has 1 aliphatic carbocycles. The van der Waals surface area contributed by atoms with Gasteiger partial charge in [0.25, 0.3) is 5.91 Å². The molecule has 1 unspecified atom stereocenters. The molecule has 254 valence electrons. The van der Waals surface area contributed by atoms with Crippen LogP contribution in [0.4, 0.5) is 0 Å². The maximum atomic E-state index is 13.5. The van der Waals surface area contributed by atoms with Crippen LogP contribution in [0.15, 0.2) is 72.6 Å². The first-order valence-electron chi connectivity index (χ1n) is 18.0. The molecular weight excluding hydrogens is 592 g/mol. The molecule has 6 heteroatoms. The Balaban J connectivity index is 1.09. The number of carbonyl (C=O) groups excluding carboxylic acids is 2. The van der Waals surface area contributed by atoms with E-state index in [0.717, 1.165) is 82.3 Å². The third-order valence-corrected chi connectivity index (χ3v) is 11.3. The fraction of sp³-hybridized carbons (Fsp3) is 0.500. The molecule has 2 saturated heterocycles. The summed E-state index contributed by atoms with van der Waals surface area (Å²) >= 11 is 0. The number of aromatic nitrogens is 1. The van der Waals surface area contributed by atoms with E-state index in [1.54, 1.807) is 6.20 Å². The van der Waals surface area contributed by atoms with E-state index in [1.165, 1.54) is 27.8 Å². The number of pyridine rings is 1. The standard InChI is InChI=1S/C42H54N4O2/c1-29-7-9-33(10-8-29)38(35-15-21-45(6)22-16-35)34-13-11-31(12-14-34)30(2)44-39(47)37-25-36(26-43-27-37)32-17-23-46(24-18-32)40(48)42(5)20-19-41(3,4)28-42/h7-14,25-27,30,32H,15-24,28H2,1-6H3,(H,44,47)/t30-,42?/m1/s1. The molecule has 0 bridgehead atoms. The molecule has 2 atom stereocenters. The average molecular weight is 647 g/mol. The van der Waals surface area contributed by atoms with E-state index in [-0.39, 0.29) is 22.8 Å². The molecule has 3 aliphatic rings. The van der Waals surface area contributed by atoms with Gasteiger partial charge in [0.05, 0.1) is 11.6 Å². The second-order valence-corrected chi connectivity index (χ2v) is 15.9. The van der Waals surface area contributed by atoms with Crippen molar-refractivity contribution in [3.63, 3.8) is 0 Å². The number of hydrogen-bond donors (Lipinski definition) is 1. The fourth-order valence-corrected chi connectivity index (χ4v) is 8.37. The molecular formula is C42H54N4O2. The number of amides is 2. The van der Waals surface area contributed by atoms with Crippen LogP contribution in [0, 0.1) is 17.8 Å². The summed E-state index contributed by atoms with van der Waals surface area (Å²) in [5, 5.41) is 3.21. The first-order chi connectivity index (χ1) is 22.9. The number of likely N-dealkylation sites (tertiary alicyclic amines) is 2. The largest absolute Gasteiger partial charge is 0.345 e. The molecule has 1 N–H and O–H groups in total. The van der Waals surface area contributed by atoms with E-state index in [1.807, 2.05) is 19.2 Å². The van der Waals surface area contributed by atoms with Crippen molar-refractivity contribution >= 4 is 17.4 Å². The lowest BCUT2D eigenvalue weighted by molar-refractivity contribution is -0.142. The van der Waals surface area contributed by atoms with Crippen molar-refractivity contribution < 1.29 is 9.59 Å². The first-order valence-corrected chi connectivity index (χ1v) is 18.0. The molecule has 0 radical (unpaired) electrons. The molecule has 2 aliphatic heterocycles. The lowest BCUT2D eigenvalue weighted by Crippen LogP contribution is -2.45. The van der Waals surface area contributed by atoms with Crippen molar-refractivity contribution in [3.8, 4) is 0 Å². The highest BCUT2D eigenvalue weighted by Gasteiger charge is 2.47. The Morgan fingerprint density at radius 1 is 0.854 bits per heavy atom. The summed E-state index contributed by atoms with van der Waals surface area (Å²) in [5.41, 5.74) is 9.38. The quantitative estimate of drug-likeness (QED) is 0.280. The summed E-state index contributed by atoms with van der Waals surface area (Å²) < 4.78 is 0. The van der Waals surface area contributed by atoms with Gasteiger partial charge in [-0.2, -0.15) is 0 Å². The summed E-state index contributed by atoms with van der Waals surface area (Å²) in [7, 11) is 2.20. The van der Waals surface area contributed by atoms with Gasteiger partial charge in [-0.3, -0.25) is 14.6 Å². The highest BCUT2D eigenvalue weighted by molar-refractivity contribution is 5.94. The Kier molecular flexibility index (Phi) is 9.94. The Morgan fingerprint density at radius 2 is 1.48 bits per heavy atom. The SMILES string of the molecule is Cc1ccc(C(=C2CCN(C)CC2)c2ccc([C@@H](C)NC(=O)c3cncc(C4CCN(C(=O)C5(C)CCC(C)(C)C5)CC4)c3)cc2)cc1. The number of hydrogen-bond acceptors (Lipinski definition) is 4. The molecule has 1 saturated carbocycles. The zero-order valence-corrected chi connectivity index (χ0v) is 29.9. The molecule has 3 fully saturated rings. The summed E-state index contributed by atoms with van der Waals surface area (Å²) in [6, 6.07) is 19.5. The molecule has 2 amide bonds. The number of aryl methyl sites for hydroxylation is 1. The van der Waals surface area contributed by atoms with Gasteiger partial charge in [0.1, 0.15) is 0 Å². The third kappa shape index (κ3) is 7.59. The fourth-order valence-electron chi connectivity index (χ4n) is 8.37. The smallest absolute Gasteiger partial charge is 0.253 e. The molecule has 2 aromatic carbocycles. The second-order valence-electron chi connectivity index (χ2n) is 15.9. The van der Waals surface area contributed by atoms with E-state index >= 15 is 0 Å². The summed E-state index contributed by atoms with van der Waals surface area (Å²) in [6.07, 6.45) is 10.6. The van der Waals surface area contributed by atoms with Crippen LogP contribution in [-0.2, 0) is 4.79 Å². The number of nitrogens with zero attached hydrogens (tertiary/aromatic N) is 3. The molecule has 6 rings (SSSR count). The number of rotatable bonds is 7. The van der Waals surface area contributed by atoms with Crippen LogP contribution in [0.1, 0.15) is 123 Å². The minimum Gasteiger partial charge on any atom is -0.345 e. The summed E-state index contributed by atoms with van der Waals surface area (Å²) in [4.78, 5) is 35.9. The Bertz CT molecular complexity index is 1640. The molecule has 6 nitrogen and oxygen atoms in total. The van der Waals surface area contributed by atoms with Crippen LogP contribution < -0.4 is 5.32 Å². The van der Waals surface area contributed by atoms with Crippen LogP contribution in [0.5, 0.6) is 0 Å². The van der Waals surface area contributed by atoms with Crippen LogP contribution in [0.2, 0.25) is 0 Å². The normalized spacial score (nSPS) is 22.4. The molecule has 3 aromatic rings. The van der Waals surface area contributed by atoms with Gasteiger partial charge in [0.2, 0.25) is 5.91 Å². The van der Waals surface area contributed by atoms with Gasteiger partial charge in [-0.1, -0.05) is 80.4 Å². The molecule has 48 heavy (non-hydrogen) atoms. The van der Waals surface area contributed by atoms with Gasteiger partial charge >= 0.3 is 0 Å². The van der Waals surface area contributed by atoms with Gasteiger partial charge in [-0.25, -0.2) is 0 Å². The Labute approximate surface area is 288 Å². The van der Waals surface area contributed by atoms with Crippen LogP contribution in [-0.4, -0.2) is 59.8 Å². The first kappa shape index (κ1) is 34.1. The van der Waals surface area contributed by atoms with Gasteiger partial charge in [0, 0.05) is 44.0 Å². The van der Waals surface area contributed by atoms with Crippen LogP contribution in [0.3, 0.4) is 0 Å². The van der Waals surface area contributed by atoms with E-state index in [2.05, 4.69) is 103 Å². The van der Waals surface area contributed by atoms with Gasteiger partial charge in [-0.15, -0.1) is 0 Å². The van der Waals surface area contributed by atoms with Gasteiger partial charge < -0.3 is 15.1 Å². The van der Waals surface area contributed by atoms with Crippen molar-refractivity contribution in [2.75, 3.05) is 33.2 Å². The van der Waals surface area contributed by atoms with Crippen molar-refractivity contribution in [3.05, 3.63) is 106 Å². The van der Waals surface area contributed by atoms with Gasteiger partial charge in [-0.05, 0) is 111 Å². The maximum Gasteiger partial charge on any atom is 0.253 e. The highest BCUT2D eigenvalue weighted by Crippen LogP contribution is 2.50. The van der Waals surface area contributed by atoms with Crippen LogP contribution >= 0.6 is 0 Å². The topological polar surface area (TPSA) is 65.5 Å². The van der Waals surface area contributed by atoms with E-state index in [0.29, 0.717) is 17.4 Å². The molecule has 3 heterocycles. The predicted octanol–water partition coefficient (Wildman–Crippen LogP) is 8.33. The Morgan fingerprint density at radius 3 is 2.08 bits per heavy atom. The zero-order chi connectivity index (χ0) is 34.1. The molecule has 0 spiro atoms. The molecule has 1 aromatic heterocycles. The maximum absolute atomic E-state index is 13.5. The number of nitrogens with one attached hydrogen (secondary N) is 1. The number of carbonyl (C=O) groups is 2. The average Bonchev–Trinajstić information content (AvgIpc) is 3.39. The van der Waals surface area contributed by atoms with Crippen molar-refractivity contribution in [2.45, 2.75) is 91.5 Å². The minimum absolute atomic E-state index is 0.112. The summed E-state index contributed by atoms with van der Waals surface area (Å²) in [5.74, 6) is 0.511. The predicted molar refractivity (Wildman–Crippen MR) is 195 cm³/mol. The van der Waals surface area contributed by atoms with Crippen molar-refractivity contribution in [2.24, 2.45) is 10.8 Å². The van der Waals surface area contributed by atoms with E-state index in [9.17, 15) is 9.59 Å². The lowest BCUT2D eigenvalue weighted by atomic mass is 9.81. The highest BCUT2D eigenvalue weighted by atomic mass is 16.2. The lowest BCUT2D eigenvalue weighted by Gasteiger charge is -2.37. The third-order valence-electron chi connectivity index (χ3n) is 11.3. The number of benzene rings is 2. The van der Waals surface area contributed by atoms with E-state index < -0.39 is 0 Å². The van der Waals surface area contributed by atoms with Crippen molar-refractivity contribution in [1.29, 1.82) is 0 Å². The van der Waals surface area contributed by atoms with Crippen molar-refractivity contribution in [1.82, 2.24) is 20.1 Å². The van der Waals surface area contributed by atoms with Crippen LogP contribution in [0.25, 0.3) is 5.57 Å². The zero-order valence-electron chi connectivity index (χ0n) is 29.9. The van der Waals surface area contributed by atoms with E-state index in [4.69, 9.17) is 0 Å². The van der Waals surface area contributed by atoms with Gasteiger partial charge in [0.15, 0.2) is 0 Å². The second kappa shape index (κ2) is 14.0. The Hall–Kier alpha value is -3.77.